The Bertz CT molecular complexity index is 867. The summed E-state index contributed by atoms with van der Waals surface area (Å²) in [6.45, 7) is 5.07. The highest BCUT2D eigenvalue weighted by Gasteiger charge is 2.34. The first kappa shape index (κ1) is 16.0. The van der Waals surface area contributed by atoms with Crippen LogP contribution in [-0.4, -0.2) is 39.8 Å². The van der Waals surface area contributed by atoms with Crippen molar-refractivity contribution < 1.29 is 14.3 Å². The molecule has 24 heavy (non-hydrogen) atoms. The van der Waals surface area contributed by atoms with Gasteiger partial charge in [0.1, 0.15) is 12.6 Å². The third kappa shape index (κ3) is 2.49. The number of anilines is 1. The molecule has 1 amide bonds. The fraction of sp³-hybridized carbons (Fsp3) is 0.375. The predicted molar refractivity (Wildman–Crippen MR) is 86.7 cm³/mol. The highest BCUT2D eigenvalue weighted by atomic mass is 16.5. The molecule has 2 aromatic heterocycles. The summed E-state index contributed by atoms with van der Waals surface area (Å²) in [5, 5.41) is 4.18. The van der Waals surface area contributed by atoms with Crippen molar-refractivity contribution >= 4 is 17.6 Å². The van der Waals surface area contributed by atoms with Gasteiger partial charge in [-0.1, -0.05) is 0 Å². The van der Waals surface area contributed by atoms with Crippen LogP contribution in [-0.2, 0) is 14.3 Å². The van der Waals surface area contributed by atoms with Gasteiger partial charge in [-0.15, -0.1) is 0 Å². The van der Waals surface area contributed by atoms with Gasteiger partial charge in [0.25, 0.3) is 11.5 Å². The summed E-state index contributed by atoms with van der Waals surface area (Å²) in [6.07, 6.45) is 1.57. The van der Waals surface area contributed by atoms with Crippen molar-refractivity contribution in [3.8, 4) is 11.4 Å². The molecular formula is C16H18N4O4. The minimum Gasteiger partial charge on any atom is -0.465 e. The van der Waals surface area contributed by atoms with Crippen LogP contribution in [0.4, 0.5) is 5.69 Å². The van der Waals surface area contributed by atoms with Gasteiger partial charge in [-0.05, 0) is 32.9 Å². The number of H-pyrrole nitrogens is 1. The molecule has 1 aliphatic heterocycles. The molecule has 126 valence electrons. The van der Waals surface area contributed by atoms with Gasteiger partial charge in [-0.3, -0.25) is 24.0 Å². The molecule has 0 aliphatic carbocycles. The number of ether oxygens (including phenoxy) is 1. The molecular weight excluding hydrogens is 312 g/mol. The summed E-state index contributed by atoms with van der Waals surface area (Å²) in [6, 6.07) is 2.73. The van der Waals surface area contributed by atoms with Crippen molar-refractivity contribution in [3.05, 3.63) is 34.2 Å². The van der Waals surface area contributed by atoms with E-state index in [2.05, 4.69) is 10.1 Å². The van der Waals surface area contributed by atoms with Gasteiger partial charge in [0.05, 0.1) is 23.7 Å². The van der Waals surface area contributed by atoms with E-state index in [4.69, 9.17) is 4.74 Å². The smallest absolute Gasteiger partial charge is 0.326 e. The fourth-order valence-corrected chi connectivity index (χ4v) is 2.80. The Balaban J connectivity index is 2.20. The first-order chi connectivity index (χ1) is 11.4. The number of nitrogens with one attached hydrogen (secondary N) is 1. The maximum absolute atomic E-state index is 12.9. The number of carbonyl (C=O) groups is 2. The summed E-state index contributed by atoms with van der Waals surface area (Å²) < 4.78 is 6.51. The maximum atomic E-state index is 12.9. The van der Waals surface area contributed by atoms with Gasteiger partial charge >= 0.3 is 5.97 Å². The van der Waals surface area contributed by atoms with Crippen molar-refractivity contribution in [3.63, 3.8) is 0 Å². The second kappa shape index (κ2) is 5.95. The zero-order valence-electron chi connectivity index (χ0n) is 13.7. The molecule has 3 rings (SSSR count). The summed E-state index contributed by atoms with van der Waals surface area (Å²) in [7, 11) is 0. The van der Waals surface area contributed by atoms with Crippen molar-refractivity contribution in [1.82, 2.24) is 14.8 Å². The van der Waals surface area contributed by atoms with Gasteiger partial charge in [0.15, 0.2) is 0 Å². The topological polar surface area (TPSA) is 97.3 Å². The predicted octanol–water partition coefficient (Wildman–Crippen LogP) is 1.02. The van der Waals surface area contributed by atoms with E-state index in [0.717, 1.165) is 0 Å². The molecule has 1 atom stereocenters. The number of fused-ring (bicyclic) bond motifs is 3. The van der Waals surface area contributed by atoms with Crippen molar-refractivity contribution in [2.45, 2.75) is 26.8 Å². The Kier molecular flexibility index (Phi) is 3.96. The molecule has 0 fully saturated rings. The molecule has 0 aromatic carbocycles. The van der Waals surface area contributed by atoms with Crippen LogP contribution in [0.1, 0.15) is 25.5 Å². The number of hydrogen-bond donors (Lipinski definition) is 1. The number of aromatic amines is 1. The van der Waals surface area contributed by atoms with Crippen LogP contribution in [0, 0.1) is 6.92 Å². The number of carbonyl (C=O) groups excluding carboxylic acids is 2. The van der Waals surface area contributed by atoms with E-state index < -0.39 is 12.0 Å². The summed E-state index contributed by atoms with van der Waals surface area (Å²) in [5.74, 6) is -0.800. The van der Waals surface area contributed by atoms with Crippen LogP contribution in [0.15, 0.2) is 23.1 Å². The van der Waals surface area contributed by atoms with Crippen molar-refractivity contribution in [2.75, 3.05) is 18.1 Å². The first-order valence-corrected chi connectivity index (χ1v) is 7.68. The molecule has 1 aliphatic rings. The largest absolute Gasteiger partial charge is 0.465 e. The summed E-state index contributed by atoms with van der Waals surface area (Å²) >= 11 is 0. The average Bonchev–Trinajstić information content (AvgIpc) is 3.00. The van der Waals surface area contributed by atoms with Gasteiger partial charge < -0.3 is 9.72 Å². The lowest BCUT2D eigenvalue weighted by Gasteiger charge is -2.23. The molecule has 2 aromatic rings. The quantitative estimate of drug-likeness (QED) is 0.847. The third-order valence-corrected chi connectivity index (χ3v) is 4.01. The molecule has 8 nitrogen and oxygen atoms in total. The van der Waals surface area contributed by atoms with E-state index in [-0.39, 0.29) is 24.6 Å². The maximum Gasteiger partial charge on any atom is 0.326 e. The second-order valence-electron chi connectivity index (χ2n) is 5.61. The van der Waals surface area contributed by atoms with E-state index >= 15 is 0 Å². The first-order valence-electron chi connectivity index (χ1n) is 7.68. The number of amides is 1. The number of pyridine rings is 1. The molecule has 0 spiro atoms. The lowest BCUT2D eigenvalue weighted by Crippen LogP contribution is -2.40. The lowest BCUT2D eigenvalue weighted by molar-refractivity contribution is -0.142. The number of rotatable bonds is 3. The highest BCUT2D eigenvalue weighted by Crippen LogP contribution is 2.34. The fourth-order valence-electron chi connectivity index (χ4n) is 2.80. The molecule has 1 unspecified atom stereocenters. The van der Waals surface area contributed by atoms with E-state index in [9.17, 15) is 14.4 Å². The Morgan fingerprint density at radius 3 is 2.88 bits per heavy atom. The van der Waals surface area contributed by atoms with E-state index in [1.165, 1.54) is 9.58 Å². The minimum absolute atomic E-state index is 0.222. The lowest BCUT2D eigenvalue weighted by atomic mass is 10.1. The van der Waals surface area contributed by atoms with Crippen LogP contribution >= 0.6 is 0 Å². The van der Waals surface area contributed by atoms with Gasteiger partial charge in [-0.2, -0.15) is 5.10 Å². The summed E-state index contributed by atoms with van der Waals surface area (Å²) in [5.41, 5.74) is 1.76. The number of nitrogens with zero attached hydrogens (tertiary/aromatic N) is 3. The normalized spacial score (nSPS) is 16.4. The molecule has 0 bridgehead atoms. The van der Waals surface area contributed by atoms with E-state index in [0.29, 0.717) is 22.6 Å². The molecule has 0 saturated heterocycles. The Hall–Kier alpha value is -2.90. The zero-order valence-corrected chi connectivity index (χ0v) is 13.7. The molecule has 0 saturated carbocycles. The third-order valence-electron chi connectivity index (χ3n) is 4.01. The van der Waals surface area contributed by atoms with Gasteiger partial charge in [-0.25, -0.2) is 0 Å². The van der Waals surface area contributed by atoms with E-state index in [1.54, 1.807) is 39.1 Å². The molecule has 1 N–H and O–H groups in total. The van der Waals surface area contributed by atoms with E-state index in [1.807, 2.05) is 0 Å². The standard InChI is InChI=1S/C16H18N4O4/c1-4-24-13(21)8-19-12-7-9(2)15(22)18-14(12)11-5-6-17-20(11)10(3)16(19)23/h5-7,10H,4,8H2,1-3H3,(H,18,22). The van der Waals surface area contributed by atoms with Gasteiger partial charge in [0.2, 0.25) is 0 Å². The molecule has 3 heterocycles. The molecule has 8 heteroatoms. The average molecular weight is 330 g/mol. The SMILES string of the molecule is CCOC(=O)CN1C(=O)C(C)n2nccc2-c2[nH]c(=O)c(C)cc21. The van der Waals surface area contributed by atoms with Crippen molar-refractivity contribution in [1.29, 1.82) is 0 Å². The number of aryl methyl sites for hydroxylation is 1. The zero-order chi connectivity index (χ0) is 17.4. The van der Waals surface area contributed by atoms with Crippen LogP contribution in [0.3, 0.4) is 0 Å². The Labute approximate surface area is 138 Å². The highest BCUT2D eigenvalue weighted by molar-refractivity contribution is 6.03. The van der Waals surface area contributed by atoms with Crippen LogP contribution in [0.25, 0.3) is 11.4 Å². The number of esters is 1. The second-order valence-corrected chi connectivity index (χ2v) is 5.61. The van der Waals surface area contributed by atoms with Gasteiger partial charge in [0, 0.05) is 11.8 Å². The number of hydrogen-bond acceptors (Lipinski definition) is 5. The van der Waals surface area contributed by atoms with Crippen LogP contribution in [0.2, 0.25) is 0 Å². The summed E-state index contributed by atoms with van der Waals surface area (Å²) in [4.78, 5) is 41.0. The Morgan fingerprint density at radius 2 is 2.17 bits per heavy atom. The Morgan fingerprint density at radius 1 is 1.42 bits per heavy atom. The molecule has 0 radical (unpaired) electrons. The number of aromatic nitrogens is 3. The van der Waals surface area contributed by atoms with Crippen LogP contribution < -0.4 is 10.5 Å². The van der Waals surface area contributed by atoms with Crippen LogP contribution in [0.5, 0.6) is 0 Å². The monoisotopic (exact) mass is 330 g/mol. The van der Waals surface area contributed by atoms with Crippen molar-refractivity contribution in [2.24, 2.45) is 0 Å². The minimum atomic E-state index is -0.611.